The van der Waals surface area contributed by atoms with Gasteiger partial charge in [0.05, 0.1) is 5.69 Å². The maximum absolute atomic E-state index is 13.2. The molecule has 1 amide bonds. The normalized spacial score (nSPS) is 11.9. The summed E-state index contributed by atoms with van der Waals surface area (Å²) in [6.45, 7) is 2.52. The first-order valence-corrected chi connectivity index (χ1v) is 8.75. The van der Waals surface area contributed by atoms with E-state index < -0.39 is 0 Å². The van der Waals surface area contributed by atoms with E-state index in [0.717, 1.165) is 11.3 Å². The third-order valence-corrected chi connectivity index (χ3v) is 4.40. The number of rotatable bonds is 7. The van der Waals surface area contributed by atoms with E-state index in [-0.39, 0.29) is 18.6 Å². The van der Waals surface area contributed by atoms with Gasteiger partial charge in [-0.05, 0) is 43.2 Å². The Morgan fingerprint density at radius 3 is 2.65 bits per heavy atom. The molecule has 0 radical (unpaired) electrons. The van der Waals surface area contributed by atoms with Crippen LogP contribution in [0.15, 0.2) is 73.1 Å². The van der Waals surface area contributed by atoms with Crippen LogP contribution < -0.4 is 0 Å². The lowest BCUT2D eigenvalue weighted by molar-refractivity contribution is 0.0648. The summed E-state index contributed by atoms with van der Waals surface area (Å²) >= 11 is 0. The Balaban J connectivity index is 1.88. The predicted molar refractivity (Wildman–Crippen MR) is 101 cm³/mol. The topological polar surface area (TPSA) is 58.4 Å². The number of hydrogen-bond donors (Lipinski definition) is 1. The lowest BCUT2D eigenvalue weighted by Gasteiger charge is -2.29. The number of nitrogens with zero attached hydrogens (tertiary/aromatic N) is 3. The monoisotopic (exact) mass is 349 g/mol. The Labute approximate surface area is 153 Å². The van der Waals surface area contributed by atoms with Gasteiger partial charge in [0.25, 0.3) is 5.91 Å². The summed E-state index contributed by atoms with van der Waals surface area (Å²) in [5.74, 6) is -0.0520. The standard InChI is InChI=1S/C21H23N3O2/c1-17(11-14-25)23(16-18-7-3-2-4-8-18)21(26)19-9-5-10-20(15-19)24-13-6-12-22-24/h2-10,12-13,15,17,25H,11,14,16H2,1H3. The van der Waals surface area contributed by atoms with Crippen LogP contribution in [0.25, 0.3) is 5.69 Å². The third kappa shape index (κ3) is 4.18. The summed E-state index contributed by atoms with van der Waals surface area (Å²) < 4.78 is 1.73. The molecule has 0 aliphatic rings. The van der Waals surface area contributed by atoms with Crippen molar-refractivity contribution in [3.8, 4) is 5.69 Å². The molecule has 0 saturated carbocycles. The molecule has 0 fully saturated rings. The van der Waals surface area contributed by atoms with Crippen LogP contribution in [0.5, 0.6) is 0 Å². The molecule has 5 heteroatoms. The van der Waals surface area contributed by atoms with E-state index in [9.17, 15) is 9.90 Å². The number of aromatic nitrogens is 2. The molecule has 5 nitrogen and oxygen atoms in total. The molecule has 1 atom stereocenters. The fraction of sp³-hybridized carbons (Fsp3) is 0.238. The minimum absolute atomic E-state index is 0.0487. The van der Waals surface area contributed by atoms with Crippen molar-refractivity contribution in [1.29, 1.82) is 0 Å². The highest BCUT2D eigenvalue weighted by Gasteiger charge is 2.22. The first-order valence-electron chi connectivity index (χ1n) is 8.75. The van der Waals surface area contributed by atoms with Crippen LogP contribution in [0.4, 0.5) is 0 Å². The van der Waals surface area contributed by atoms with Crippen LogP contribution in [-0.4, -0.2) is 38.3 Å². The second-order valence-electron chi connectivity index (χ2n) is 6.28. The molecule has 2 aromatic carbocycles. The molecule has 26 heavy (non-hydrogen) atoms. The van der Waals surface area contributed by atoms with E-state index in [2.05, 4.69) is 5.10 Å². The van der Waals surface area contributed by atoms with Gasteiger partial charge in [-0.2, -0.15) is 5.10 Å². The van der Waals surface area contributed by atoms with Gasteiger partial charge < -0.3 is 10.0 Å². The molecule has 1 heterocycles. The Kier molecular flexibility index (Phi) is 5.81. The van der Waals surface area contributed by atoms with E-state index in [1.807, 2.05) is 78.7 Å². The Hall–Kier alpha value is -2.92. The average Bonchev–Trinajstić information content (AvgIpc) is 3.21. The lowest BCUT2D eigenvalue weighted by Crippen LogP contribution is -2.38. The SMILES string of the molecule is CC(CCO)N(Cc1ccccc1)C(=O)c1cccc(-n2cccn2)c1. The number of benzene rings is 2. The third-order valence-electron chi connectivity index (χ3n) is 4.40. The summed E-state index contributed by atoms with van der Waals surface area (Å²) in [6, 6.07) is 19.1. The lowest BCUT2D eigenvalue weighted by atomic mass is 10.1. The van der Waals surface area contributed by atoms with Crippen molar-refractivity contribution in [3.63, 3.8) is 0 Å². The smallest absolute Gasteiger partial charge is 0.254 e. The van der Waals surface area contributed by atoms with Crippen molar-refractivity contribution in [1.82, 2.24) is 14.7 Å². The summed E-state index contributed by atoms with van der Waals surface area (Å²) in [5, 5.41) is 13.5. The van der Waals surface area contributed by atoms with Gasteiger partial charge in [0.15, 0.2) is 0 Å². The summed E-state index contributed by atoms with van der Waals surface area (Å²) in [4.78, 5) is 15.0. The van der Waals surface area contributed by atoms with E-state index in [1.54, 1.807) is 10.9 Å². The maximum atomic E-state index is 13.2. The van der Waals surface area contributed by atoms with E-state index in [4.69, 9.17) is 0 Å². The predicted octanol–water partition coefficient (Wildman–Crippen LogP) is 3.29. The van der Waals surface area contributed by atoms with Crippen LogP contribution in [0, 0.1) is 0 Å². The molecular formula is C21H23N3O2. The van der Waals surface area contributed by atoms with Gasteiger partial charge in [-0.1, -0.05) is 36.4 Å². The Bertz CT molecular complexity index is 831. The zero-order valence-corrected chi connectivity index (χ0v) is 14.8. The molecule has 0 bridgehead atoms. The maximum Gasteiger partial charge on any atom is 0.254 e. The molecule has 0 aliphatic heterocycles. The highest BCUT2D eigenvalue weighted by Crippen LogP contribution is 2.17. The largest absolute Gasteiger partial charge is 0.396 e. The van der Waals surface area contributed by atoms with E-state index in [1.165, 1.54) is 0 Å². The van der Waals surface area contributed by atoms with Gasteiger partial charge in [-0.25, -0.2) is 4.68 Å². The molecule has 3 rings (SSSR count). The zero-order valence-electron chi connectivity index (χ0n) is 14.8. The Morgan fingerprint density at radius 2 is 1.96 bits per heavy atom. The number of aliphatic hydroxyl groups excluding tert-OH is 1. The summed E-state index contributed by atoms with van der Waals surface area (Å²) in [7, 11) is 0. The van der Waals surface area contributed by atoms with Crippen LogP contribution in [0.2, 0.25) is 0 Å². The number of aliphatic hydroxyl groups is 1. The van der Waals surface area contributed by atoms with E-state index in [0.29, 0.717) is 18.5 Å². The van der Waals surface area contributed by atoms with Gasteiger partial charge >= 0.3 is 0 Å². The quantitative estimate of drug-likeness (QED) is 0.712. The summed E-state index contributed by atoms with van der Waals surface area (Å²) in [5.41, 5.74) is 2.52. The Morgan fingerprint density at radius 1 is 1.15 bits per heavy atom. The molecular weight excluding hydrogens is 326 g/mol. The second-order valence-corrected chi connectivity index (χ2v) is 6.28. The zero-order chi connectivity index (χ0) is 18.4. The second kappa shape index (κ2) is 8.45. The number of carbonyl (C=O) groups is 1. The van der Waals surface area contributed by atoms with Crippen molar-refractivity contribution in [2.75, 3.05) is 6.61 Å². The summed E-state index contributed by atoms with van der Waals surface area (Å²) in [6.07, 6.45) is 4.09. The first kappa shape index (κ1) is 17.9. The number of carbonyl (C=O) groups excluding carboxylic acids is 1. The van der Waals surface area contributed by atoms with Crippen molar-refractivity contribution in [2.24, 2.45) is 0 Å². The van der Waals surface area contributed by atoms with Crippen LogP contribution >= 0.6 is 0 Å². The van der Waals surface area contributed by atoms with Crippen molar-refractivity contribution in [2.45, 2.75) is 25.9 Å². The minimum atomic E-state index is -0.0685. The fourth-order valence-corrected chi connectivity index (χ4v) is 2.92. The molecule has 1 aromatic heterocycles. The van der Waals surface area contributed by atoms with Gasteiger partial charge in [-0.15, -0.1) is 0 Å². The molecule has 134 valence electrons. The van der Waals surface area contributed by atoms with Crippen molar-refractivity contribution >= 4 is 5.91 Å². The highest BCUT2D eigenvalue weighted by molar-refractivity contribution is 5.95. The van der Waals surface area contributed by atoms with Gasteiger partial charge in [0, 0.05) is 37.2 Å². The van der Waals surface area contributed by atoms with Crippen LogP contribution in [0.1, 0.15) is 29.3 Å². The van der Waals surface area contributed by atoms with Gasteiger partial charge in [0.2, 0.25) is 0 Å². The van der Waals surface area contributed by atoms with Crippen LogP contribution in [-0.2, 0) is 6.54 Å². The average molecular weight is 349 g/mol. The molecule has 0 saturated heterocycles. The minimum Gasteiger partial charge on any atom is -0.396 e. The number of hydrogen-bond acceptors (Lipinski definition) is 3. The molecule has 1 unspecified atom stereocenters. The van der Waals surface area contributed by atoms with Crippen molar-refractivity contribution < 1.29 is 9.90 Å². The van der Waals surface area contributed by atoms with Crippen LogP contribution in [0.3, 0.4) is 0 Å². The highest BCUT2D eigenvalue weighted by atomic mass is 16.3. The van der Waals surface area contributed by atoms with Gasteiger partial charge in [0.1, 0.15) is 0 Å². The molecule has 0 aliphatic carbocycles. The number of amides is 1. The molecule has 0 spiro atoms. The molecule has 1 N–H and O–H groups in total. The van der Waals surface area contributed by atoms with E-state index >= 15 is 0 Å². The fourth-order valence-electron chi connectivity index (χ4n) is 2.92. The molecule has 3 aromatic rings. The van der Waals surface area contributed by atoms with Gasteiger partial charge in [-0.3, -0.25) is 4.79 Å². The van der Waals surface area contributed by atoms with Crippen molar-refractivity contribution in [3.05, 3.63) is 84.2 Å². The first-order chi connectivity index (χ1) is 12.7.